The molecule has 0 aromatic carbocycles. The van der Waals surface area contributed by atoms with Crippen molar-refractivity contribution in [3.63, 3.8) is 0 Å². The zero-order valence-corrected chi connectivity index (χ0v) is 27.7. The molecule has 4 aliphatic rings. The van der Waals surface area contributed by atoms with Crippen LogP contribution in [-0.2, 0) is 48.2 Å². The topological polar surface area (TPSA) is 160 Å². The molecular weight excluding hydrogens is 592 g/mol. The van der Waals surface area contributed by atoms with Gasteiger partial charge >= 0.3 is 23.9 Å². The maximum Gasteiger partial charge on any atom is 0.305 e. The highest BCUT2D eigenvalue weighted by molar-refractivity contribution is 7.85. The van der Waals surface area contributed by atoms with E-state index in [1.54, 1.807) is 0 Å². The number of ether oxygens (including phenoxy) is 4. The molecule has 0 amide bonds. The van der Waals surface area contributed by atoms with Crippen molar-refractivity contribution in [1.29, 1.82) is 0 Å². The van der Waals surface area contributed by atoms with Crippen LogP contribution in [0.25, 0.3) is 0 Å². The standard InChI is InChI=1S/C32H50O11S/c1-18(7-10-29(36)40-13-14-44(37,38)39)24-8-9-25-30-26(17-28(32(24,25)6)43-21(4)35)31(5)12-11-23(41-19(2)33)15-22(31)16-27(30)42-20(3)34/h18,22-28,30H,7-17H2,1-6H3,(H,37,38,39)/t18-,22?,23?,24-,25+,26+,27?,28?,30+,31?,32?/m1/s1. The zero-order valence-electron chi connectivity index (χ0n) is 26.9. The lowest BCUT2D eigenvalue weighted by atomic mass is 9.43. The molecule has 0 spiro atoms. The highest BCUT2D eigenvalue weighted by Gasteiger charge is 2.67. The Bertz CT molecular complexity index is 1220. The molecule has 0 bridgehead atoms. The van der Waals surface area contributed by atoms with Gasteiger partial charge in [0.05, 0.1) is 0 Å². The minimum atomic E-state index is -4.21. The number of fused-ring (bicyclic) bond motifs is 5. The van der Waals surface area contributed by atoms with Gasteiger partial charge in [-0.2, -0.15) is 8.42 Å². The van der Waals surface area contributed by atoms with Crippen molar-refractivity contribution >= 4 is 34.0 Å². The predicted octanol–water partition coefficient (Wildman–Crippen LogP) is 4.51. The average Bonchev–Trinajstić information content (AvgIpc) is 3.25. The minimum Gasteiger partial charge on any atom is -0.464 e. The summed E-state index contributed by atoms with van der Waals surface area (Å²) in [5.74, 6) is -1.33. The Labute approximate surface area is 261 Å². The summed E-state index contributed by atoms with van der Waals surface area (Å²) in [4.78, 5) is 49.1. The summed E-state index contributed by atoms with van der Waals surface area (Å²) in [6, 6.07) is 0. The van der Waals surface area contributed by atoms with Crippen LogP contribution >= 0.6 is 0 Å². The monoisotopic (exact) mass is 642 g/mol. The van der Waals surface area contributed by atoms with E-state index in [0.717, 1.165) is 32.1 Å². The zero-order chi connectivity index (χ0) is 32.6. The first-order valence-corrected chi connectivity index (χ1v) is 17.7. The van der Waals surface area contributed by atoms with Gasteiger partial charge < -0.3 is 18.9 Å². The van der Waals surface area contributed by atoms with E-state index in [2.05, 4.69) is 20.8 Å². The molecule has 1 N–H and O–H groups in total. The molecule has 0 aromatic heterocycles. The molecule has 0 saturated heterocycles. The summed E-state index contributed by atoms with van der Waals surface area (Å²) in [6.07, 6.45) is 5.32. The van der Waals surface area contributed by atoms with E-state index in [0.29, 0.717) is 19.3 Å². The average molecular weight is 643 g/mol. The van der Waals surface area contributed by atoms with E-state index in [-0.39, 0.29) is 83.6 Å². The van der Waals surface area contributed by atoms with Gasteiger partial charge in [-0.15, -0.1) is 0 Å². The van der Waals surface area contributed by atoms with Crippen LogP contribution in [0.1, 0.15) is 99.3 Å². The lowest BCUT2D eigenvalue weighted by molar-refractivity contribution is -0.224. The molecule has 11 nitrogen and oxygen atoms in total. The van der Waals surface area contributed by atoms with E-state index >= 15 is 0 Å². The molecule has 44 heavy (non-hydrogen) atoms. The Morgan fingerprint density at radius 2 is 1.55 bits per heavy atom. The molecule has 0 aromatic rings. The molecule has 12 heteroatoms. The van der Waals surface area contributed by atoms with Crippen molar-refractivity contribution < 1.29 is 51.1 Å². The molecule has 11 atom stereocenters. The number of carbonyl (C=O) groups is 4. The number of rotatable bonds is 10. The Balaban J connectivity index is 1.59. The molecule has 6 unspecified atom stereocenters. The first-order chi connectivity index (χ1) is 20.5. The predicted molar refractivity (Wildman–Crippen MR) is 158 cm³/mol. The third-order valence-corrected chi connectivity index (χ3v) is 12.5. The van der Waals surface area contributed by atoms with E-state index in [9.17, 15) is 27.6 Å². The summed E-state index contributed by atoms with van der Waals surface area (Å²) >= 11 is 0. The number of esters is 4. The second-order valence-corrected chi connectivity index (χ2v) is 15.9. The van der Waals surface area contributed by atoms with Crippen LogP contribution in [0.2, 0.25) is 0 Å². The number of carbonyl (C=O) groups excluding carboxylic acids is 4. The van der Waals surface area contributed by atoms with Crippen LogP contribution in [0.3, 0.4) is 0 Å². The Kier molecular flexibility index (Phi) is 10.4. The molecule has 0 heterocycles. The van der Waals surface area contributed by atoms with Gasteiger partial charge in [0.2, 0.25) is 0 Å². The molecule has 4 fully saturated rings. The highest BCUT2D eigenvalue weighted by Crippen LogP contribution is 2.69. The number of hydrogen-bond acceptors (Lipinski definition) is 10. The molecule has 4 saturated carbocycles. The van der Waals surface area contributed by atoms with Gasteiger partial charge in [0.15, 0.2) is 0 Å². The van der Waals surface area contributed by atoms with Gasteiger partial charge in [-0.05, 0) is 86.4 Å². The Hall–Kier alpha value is -2.21. The van der Waals surface area contributed by atoms with Crippen LogP contribution in [0.4, 0.5) is 0 Å². The van der Waals surface area contributed by atoms with Crippen molar-refractivity contribution in [2.24, 2.45) is 46.3 Å². The van der Waals surface area contributed by atoms with Gasteiger partial charge in [0, 0.05) is 38.5 Å². The Morgan fingerprint density at radius 1 is 0.886 bits per heavy atom. The summed E-state index contributed by atoms with van der Waals surface area (Å²) in [6.45, 7) is 10.5. The van der Waals surface area contributed by atoms with Crippen molar-refractivity contribution in [1.82, 2.24) is 0 Å². The van der Waals surface area contributed by atoms with E-state index in [1.807, 2.05) is 0 Å². The summed E-state index contributed by atoms with van der Waals surface area (Å²) in [5.41, 5.74) is -0.495. The Morgan fingerprint density at radius 3 is 2.16 bits per heavy atom. The maximum atomic E-state index is 12.5. The lowest BCUT2D eigenvalue weighted by Crippen LogP contribution is -2.63. The van der Waals surface area contributed by atoms with Gasteiger partial charge in [-0.1, -0.05) is 20.8 Å². The fourth-order valence-electron chi connectivity index (χ4n) is 10.00. The maximum absolute atomic E-state index is 12.5. The van der Waals surface area contributed by atoms with E-state index < -0.39 is 33.9 Å². The van der Waals surface area contributed by atoms with E-state index in [4.69, 9.17) is 23.5 Å². The van der Waals surface area contributed by atoms with Crippen LogP contribution < -0.4 is 0 Å². The summed E-state index contributed by atoms with van der Waals surface area (Å²) < 4.78 is 53.7. The normalized spacial score (nSPS) is 38.7. The van der Waals surface area contributed by atoms with Crippen molar-refractivity contribution in [3.8, 4) is 0 Å². The van der Waals surface area contributed by atoms with Crippen LogP contribution in [0.5, 0.6) is 0 Å². The minimum absolute atomic E-state index is 0.0759. The smallest absolute Gasteiger partial charge is 0.305 e. The first-order valence-electron chi connectivity index (χ1n) is 16.1. The number of hydrogen-bond donors (Lipinski definition) is 1. The molecular formula is C32H50O11S. The van der Waals surface area contributed by atoms with Crippen LogP contribution in [0, 0.1) is 46.3 Å². The molecule has 0 radical (unpaired) electrons. The van der Waals surface area contributed by atoms with Crippen molar-refractivity contribution in [3.05, 3.63) is 0 Å². The SMILES string of the molecule is CC(=O)OC1CCC2(C)C(C1)CC(OC(C)=O)[C@@H]1[C@@H]2CC(OC(C)=O)C2(C)[C@@H]([C@H](C)CCC(=O)OCCS(=O)(=O)O)CC[C@@H]12. The lowest BCUT2D eigenvalue weighted by Gasteiger charge is -2.64. The summed E-state index contributed by atoms with van der Waals surface area (Å²) in [7, 11) is -4.21. The first kappa shape index (κ1) is 34.7. The van der Waals surface area contributed by atoms with Gasteiger partial charge in [0.1, 0.15) is 30.7 Å². The van der Waals surface area contributed by atoms with Crippen LogP contribution in [-0.4, -0.2) is 67.5 Å². The largest absolute Gasteiger partial charge is 0.464 e. The fraction of sp³-hybridized carbons (Fsp3) is 0.875. The third kappa shape index (κ3) is 7.26. The second-order valence-electron chi connectivity index (χ2n) is 14.3. The van der Waals surface area contributed by atoms with Gasteiger partial charge in [-0.25, -0.2) is 0 Å². The highest BCUT2D eigenvalue weighted by atomic mass is 32.2. The van der Waals surface area contributed by atoms with Crippen molar-refractivity contribution in [2.45, 2.75) is 118 Å². The van der Waals surface area contributed by atoms with Gasteiger partial charge in [0.25, 0.3) is 10.1 Å². The molecule has 4 rings (SSSR count). The summed E-state index contributed by atoms with van der Waals surface area (Å²) in [5, 5.41) is 0. The van der Waals surface area contributed by atoms with Crippen molar-refractivity contribution in [2.75, 3.05) is 12.4 Å². The fourth-order valence-corrected chi connectivity index (χ4v) is 10.3. The third-order valence-electron chi connectivity index (χ3n) is 11.8. The molecule has 4 aliphatic carbocycles. The van der Waals surface area contributed by atoms with Crippen LogP contribution in [0.15, 0.2) is 0 Å². The van der Waals surface area contributed by atoms with Gasteiger partial charge in [-0.3, -0.25) is 23.7 Å². The molecule has 0 aliphatic heterocycles. The second kappa shape index (κ2) is 13.3. The van der Waals surface area contributed by atoms with E-state index in [1.165, 1.54) is 20.8 Å². The quantitative estimate of drug-likeness (QED) is 0.203. The molecule has 250 valence electrons.